The quantitative estimate of drug-likeness (QED) is 0.663. The van der Waals surface area contributed by atoms with Crippen LogP contribution in [0.3, 0.4) is 0 Å². The minimum absolute atomic E-state index is 0.601. The van der Waals surface area contributed by atoms with Gasteiger partial charge in [-0.2, -0.15) is 13.2 Å². The van der Waals surface area contributed by atoms with Crippen molar-refractivity contribution in [1.82, 2.24) is 5.32 Å². The third-order valence-corrected chi connectivity index (χ3v) is 2.67. The number of alkyl halides is 3. The second-order valence-corrected chi connectivity index (χ2v) is 4.18. The average molecular weight is 311 g/mol. The van der Waals surface area contributed by atoms with Crippen molar-refractivity contribution in [3.8, 4) is 0 Å². The van der Waals surface area contributed by atoms with E-state index in [0.29, 0.717) is 12.1 Å². The predicted molar refractivity (Wildman–Crippen MR) is 60.1 cm³/mol. The van der Waals surface area contributed by atoms with Gasteiger partial charge in [0.25, 0.3) is 0 Å². The molecule has 9 heteroatoms. The summed E-state index contributed by atoms with van der Waals surface area (Å²) in [7, 11) is 0. The van der Waals surface area contributed by atoms with Crippen LogP contribution < -0.4 is 5.32 Å². The first kappa shape index (κ1) is 16.9. The summed E-state index contributed by atoms with van der Waals surface area (Å²) in [6.07, 6.45) is -5.20. The van der Waals surface area contributed by atoms with Crippen LogP contribution in [0.15, 0.2) is 18.2 Å². The van der Waals surface area contributed by atoms with Crippen molar-refractivity contribution < 1.29 is 36.6 Å². The van der Waals surface area contributed by atoms with Crippen LogP contribution in [-0.2, 0) is 9.59 Å². The first-order valence-electron chi connectivity index (χ1n) is 5.59. The molecule has 21 heavy (non-hydrogen) atoms. The van der Waals surface area contributed by atoms with Gasteiger partial charge in [0.15, 0.2) is 6.04 Å². The van der Waals surface area contributed by atoms with E-state index in [2.05, 4.69) is 0 Å². The van der Waals surface area contributed by atoms with Gasteiger partial charge in [0.1, 0.15) is 17.6 Å². The Kier molecular flexibility index (Phi) is 4.87. The average Bonchev–Trinajstić information content (AvgIpc) is 2.34. The van der Waals surface area contributed by atoms with E-state index < -0.39 is 47.2 Å². The molecule has 0 saturated carbocycles. The summed E-state index contributed by atoms with van der Waals surface area (Å²) in [5, 5.41) is 9.87. The van der Waals surface area contributed by atoms with Gasteiger partial charge in [-0.25, -0.2) is 8.78 Å². The van der Waals surface area contributed by atoms with Gasteiger partial charge in [-0.1, -0.05) is 6.07 Å². The van der Waals surface area contributed by atoms with Gasteiger partial charge in [0, 0.05) is 0 Å². The van der Waals surface area contributed by atoms with Gasteiger partial charge in [-0.15, -0.1) is 0 Å². The Hall–Kier alpha value is -2.19. The summed E-state index contributed by atoms with van der Waals surface area (Å²) < 4.78 is 65.6. The zero-order valence-corrected chi connectivity index (χ0v) is 10.5. The lowest BCUT2D eigenvalue weighted by Crippen LogP contribution is -2.43. The number of hydrogen-bond acceptors (Lipinski definition) is 2. The summed E-state index contributed by atoms with van der Waals surface area (Å²) in [5.41, 5.74) is -1.39. The number of carbonyl (C=O) groups is 2. The van der Waals surface area contributed by atoms with Gasteiger partial charge in [-0.05, 0) is 19.1 Å². The first-order valence-corrected chi connectivity index (χ1v) is 5.59. The highest BCUT2D eigenvalue weighted by Gasteiger charge is 2.45. The van der Waals surface area contributed by atoms with Gasteiger partial charge in [0.2, 0.25) is 5.91 Å². The van der Waals surface area contributed by atoms with E-state index in [1.54, 1.807) is 0 Å². The van der Waals surface area contributed by atoms with Crippen LogP contribution in [0.1, 0.15) is 18.5 Å². The maximum atomic E-state index is 13.4. The standard InChI is InChI=1S/C12H10F5NO3/c1-5(11(20)21)10(19)18-9(12(15,16)17)8-6(13)3-2-4-7(8)14/h2-5,9H,1H3,(H,18,19)(H,20,21). The molecular weight excluding hydrogens is 301 g/mol. The molecule has 0 aliphatic carbocycles. The summed E-state index contributed by atoms with van der Waals surface area (Å²) in [6.45, 7) is 0.850. The number of carbonyl (C=O) groups excluding carboxylic acids is 1. The van der Waals surface area contributed by atoms with Crippen LogP contribution in [0.2, 0.25) is 0 Å². The van der Waals surface area contributed by atoms with E-state index in [1.165, 1.54) is 5.32 Å². The third kappa shape index (κ3) is 3.89. The first-order chi connectivity index (χ1) is 9.55. The van der Waals surface area contributed by atoms with Crippen molar-refractivity contribution in [2.75, 3.05) is 0 Å². The number of nitrogens with one attached hydrogen (secondary N) is 1. The lowest BCUT2D eigenvalue weighted by Gasteiger charge is -2.23. The van der Waals surface area contributed by atoms with Crippen LogP contribution in [0.4, 0.5) is 22.0 Å². The molecule has 0 aliphatic heterocycles. The second-order valence-electron chi connectivity index (χ2n) is 4.18. The third-order valence-electron chi connectivity index (χ3n) is 2.67. The monoisotopic (exact) mass is 311 g/mol. The Bertz CT molecular complexity index is 538. The molecule has 0 heterocycles. The summed E-state index contributed by atoms with van der Waals surface area (Å²) >= 11 is 0. The fourth-order valence-corrected chi connectivity index (χ4v) is 1.48. The number of benzene rings is 1. The van der Waals surface area contributed by atoms with Gasteiger partial charge >= 0.3 is 12.1 Å². The summed E-state index contributed by atoms with van der Waals surface area (Å²) in [6, 6.07) is -0.912. The lowest BCUT2D eigenvalue weighted by molar-refractivity contribution is -0.167. The van der Waals surface area contributed by atoms with Crippen molar-refractivity contribution in [3.05, 3.63) is 35.4 Å². The zero-order chi connectivity index (χ0) is 16.4. The molecule has 0 aromatic heterocycles. The Balaban J connectivity index is 3.20. The summed E-state index contributed by atoms with van der Waals surface area (Å²) in [5.74, 6) is -7.97. The van der Waals surface area contributed by atoms with Crippen LogP contribution >= 0.6 is 0 Å². The lowest BCUT2D eigenvalue weighted by atomic mass is 10.0. The van der Waals surface area contributed by atoms with E-state index in [1.807, 2.05) is 0 Å². The van der Waals surface area contributed by atoms with Crippen LogP contribution in [0.25, 0.3) is 0 Å². The predicted octanol–water partition coefficient (Wildman–Crippen LogP) is 2.41. The molecule has 0 radical (unpaired) electrons. The van der Waals surface area contributed by atoms with Crippen molar-refractivity contribution in [3.63, 3.8) is 0 Å². The minimum atomic E-state index is -5.20. The number of hydrogen-bond donors (Lipinski definition) is 2. The Morgan fingerprint density at radius 3 is 2.05 bits per heavy atom. The maximum Gasteiger partial charge on any atom is 0.413 e. The summed E-state index contributed by atoms with van der Waals surface area (Å²) in [4.78, 5) is 22.0. The second kappa shape index (κ2) is 6.06. The van der Waals surface area contributed by atoms with Gasteiger partial charge < -0.3 is 10.4 Å². The number of aliphatic carboxylic acids is 1. The highest BCUT2D eigenvalue weighted by Crippen LogP contribution is 2.35. The molecule has 0 fully saturated rings. The van der Waals surface area contributed by atoms with E-state index in [9.17, 15) is 31.5 Å². The molecule has 0 aliphatic rings. The van der Waals surface area contributed by atoms with Crippen molar-refractivity contribution >= 4 is 11.9 Å². The Labute approximate surface area is 115 Å². The number of rotatable bonds is 4. The van der Waals surface area contributed by atoms with Crippen LogP contribution in [0, 0.1) is 17.6 Å². The topological polar surface area (TPSA) is 66.4 Å². The Morgan fingerprint density at radius 2 is 1.67 bits per heavy atom. The van der Waals surface area contributed by atoms with Crippen LogP contribution in [-0.4, -0.2) is 23.2 Å². The largest absolute Gasteiger partial charge is 0.481 e. The smallest absolute Gasteiger partial charge is 0.413 e. The zero-order valence-electron chi connectivity index (χ0n) is 10.5. The van der Waals surface area contributed by atoms with Crippen molar-refractivity contribution in [1.29, 1.82) is 0 Å². The van der Waals surface area contributed by atoms with E-state index in [4.69, 9.17) is 5.11 Å². The highest BCUT2D eigenvalue weighted by molar-refractivity contribution is 5.96. The number of halogens is 5. The van der Waals surface area contributed by atoms with Crippen LogP contribution in [0.5, 0.6) is 0 Å². The molecule has 2 atom stereocenters. The molecule has 1 rings (SSSR count). The van der Waals surface area contributed by atoms with E-state index >= 15 is 0 Å². The van der Waals surface area contributed by atoms with E-state index in [-0.39, 0.29) is 0 Å². The molecule has 1 aromatic rings. The molecule has 2 unspecified atom stereocenters. The number of carboxylic acid groups (broad SMARTS) is 1. The Morgan fingerprint density at radius 1 is 1.19 bits per heavy atom. The number of amides is 1. The molecule has 4 nitrogen and oxygen atoms in total. The molecular formula is C12H10F5NO3. The fraction of sp³-hybridized carbons (Fsp3) is 0.333. The van der Waals surface area contributed by atoms with Crippen molar-refractivity contribution in [2.45, 2.75) is 19.1 Å². The molecule has 0 saturated heterocycles. The van der Waals surface area contributed by atoms with Gasteiger partial charge in [-0.3, -0.25) is 9.59 Å². The minimum Gasteiger partial charge on any atom is -0.481 e. The fourth-order valence-electron chi connectivity index (χ4n) is 1.48. The highest BCUT2D eigenvalue weighted by atomic mass is 19.4. The normalized spacial score (nSPS) is 14.4. The number of carboxylic acids is 1. The van der Waals surface area contributed by atoms with Gasteiger partial charge in [0.05, 0.1) is 5.56 Å². The molecule has 116 valence electrons. The molecule has 0 bridgehead atoms. The molecule has 1 amide bonds. The van der Waals surface area contributed by atoms with Crippen molar-refractivity contribution in [2.24, 2.45) is 5.92 Å². The van der Waals surface area contributed by atoms with E-state index in [0.717, 1.165) is 13.0 Å². The molecule has 2 N–H and O–H groups in total. The molecule has 0 spiro atoms. The molecule has 1 aromatic carbocycles. The SMILES string of the molecule is CC(C(=O)O)C(=O)NC(c1c(F)cccc1F)C(F)(F)F. The maximum absolute atomic E-state index is 13.4.